The Bertz CT molecular complexity index is 587. The first-order chi connectivity index (χ1) is 9.61. The molecule has 0 unspecified atom stereocenters. The molecule has 1 heterocycles. The van der Waals surface area contributed by atoms with Crippen LogP contribution in [0.4, 0.5) is 11.4 Å². The Morgan fingerprint density at radius 3 is 2.80 bits per heavy atom. The highest BCUT2D eigenvalue weighted by Gasteiger charge is 2.12. The summed E-state index contributed by atoms with van der Waals surface area (Å²) in [5.41, 5.74) is 2.10. The van der Waals surface area contributed by atoms with Gasteiger partial charge in [0.2, 0.25) is 0 Å². The number of anilines is 1. The third kappa shape index (κ3) is 3.58. The first-order valence-electron chi connectivity index (χ1n) is 6.18. The average Bonchev–Trinajstić information content (AvgIpc) is 2.97. The molecule has 6 heteroatoms. The van der Waals surface area contributed by atoms with E-state index in [1.54, 1.807) is 23.5 Å². The molecule has 0 aliphatic heterocycles. The van der Waals surface area contributed by atoms with Crippen LogP contribution in [0.3, 0.4) is 0 Å². The van der Waals surface area contributed by atoms with E-state index in [9.17, 15) is 10.1 Å². The summed E-state index contributed by atoms with van der Waals surface area (Å²) in [5.74, 6) is 0. The fourth-order valence-electron chi connectivity index (χ4n) is 2.02. The summed E-state index contributed by atoms with van der Waals surface area (Å²) in [5, 5.41) is 13.5. The van der Waals surface area contributed by atoms with E-state index in [1.165, 1.54) is 4.88 Å². The van der Waals surface area contributed by atoms with Crippen molar-refractivity contribution in [3.05, 3.63) is 56.3 Å². The van der Waals surface area contributed by atoms with Crippen LogP contribution >= 0.6 is 27.3 Å². The lowest BCUT2D eigenvalue weighted by molar-refractivity contribution is -0.384. The van der Waals surface area contributed by atoms with Gasteiger partial charge in [-0.15, -0.1) is 11.3 Å². The zero-order valence-corrected chi connectivity index (χ0v) is 13.5. The van der Waals surface area contributed by atoms with Crippen molar-refractivity contribution in [1.29, 1.82) is 0 Å². The summed E-state index contributed by atoms with van der Waals surface area (Å²) in [6.45, 7) is 0.887. The summed E-state index contributed by atoms with van der Waals surface area (Å²) in [6, 6.07) is 9.19. The Balaban J connectivity index is 2.12. The minimum absolute atomic E-state index is 0.134. The number of halogens is 1. The fraction of sp³-hybridized carbons (Fsp3) is 0.286. The number of alkyl halides is 1. The Kier molecular flexibility index (Phi) is 5.14. The van der Waals surface area contributed by atoms with Gasteiger partial charge in [-0.1, -0.05) is 22.0 Å². The lowest BCUT2D eigenvalue weighted by Crippen LogP contribution is -2.21. The molecule has 2 aromatic rings. The molecular weight excluding hydrogens is 340 g/mol. The van der Waals surface area contributed by atoms with Crippen molar-refractivity contribution in [2.75, 3.05) is 18.5 Å². The van der Waals surface area contributed by atoms with Crippen LogP contribution in [0.5, 0.6) is 0 Å². The van der Waals surface area contributed by atoms with Gasteiger partial charge in [0.1, 0.15) is 0 Å². The zero-order chi connectivity index (χ0) is 14.5. The van der Waals surface area contributed by atoms with Crippen LogP contribution in [-0.2, 0) is 11.8 Å². The molecule has 0 aliphatic rings. The van der Waals surface area contributed by atoms with Gasteiger partial charge in [0.15, 0.2) is 0 Å². The monoisotopic (exact) mass is 354 g/mol. The lowest BCUT2D eigenvalue weighted by atomic mass is 10.1. The van der Waals surface area contributed by atoms with E-state index in [1.807, 2.05) is 13.1 Å². The third-order valence-corrected chi connectivity index (χ3v) is 4.64. The molecule has 20 heavy (non-hydrogen) atoms. The number of hydrogen-bond donors (Lipinski definition) is 0. The van der Waals surface area contributed by atoms with Crippen LogP contribution in [0.2, 0.25) is 0 Å². The molecule has 0 atom stereocenters. The van der Waals surface area contributed by atoms with Crippen molar-refractivity contribution in [2.45, 2.75) is 11.8 Å². The van der Waals surface area contributed by atoms with Crippen molar-refractivity contribution < 1.29 is 4.92 Å². The van der Waals surface area contributed by atoms with Crippen LogP contribution in [0, 0.1) is 10.1 Å². The first-order valence-corrected chi connectivity index (χ1v) is 8.18. The Morgan fingerprint density at radius 1 is 1.40 bits per heavy atom. The Hall–Kier alpha value is -1.40. The first kappa shape index (κ1) is 15.0. The molecule has 0 saturated heterocycles. The standard InChI is InChI=1S/C14H15BrN2O2S/c1-16(7-6-13-3-2-8-20-13)14-5-4-12(17(18)19)9-11(14)10-15/h2-5,8-9H,6-7,10H2,1H3. The van der Waals surface area contributed by atoms with Crippen molar-refractivity contribution >= 4 is 38.6 Å². The molecule has 1 aromatic carbocycles. The maximum atomic E-state index is 10.8. The van der Waals surface area contributed by atoms with E-state index in [2.05, 4.69) is 38.3 Å². The summed E-state index contributed by atoms with van der Waals surface area (Å²) in [6.07, 6.45) is 0.979. The quantitative estimate of drug-likeness (QED) is 0.443. The predicted molar refractivity (Wildman–Crippen MR) is 87.0 cm³/mol. The van der Waals surface area contributed by atoms with Gasteiger partial charge in [-0.25, -0.2) is 0 Å². The molecule has 0 spiro atoms. The van der Waals surface area contributed by atoms with E-state index >= 15 is 0 Å². The number of thiophene rings is 1. The number of nitro benzene ring substituents is 1. The van der Waals surface area contributed by atoms with Gasteiger partial charge in [-0.3, -0.25) is 10.1 Å². The van der Waals surface area contributed by atoms with Crippen LogP contribution in [0.1, 0.15) is 10.4 Å². The van der Waals surface area contributed by atoms with E-state index in [0.717, 1.165) is 24.2 Å². The van der Waals surface area contributed by atoms with E-state index in [-0.39, 0.29) is 10.6 Å². The van der Waals surface area contributed by atoms with E-state index in [0.29, 0.717) is 5.33 Å². The number of rotatable bonds is 6. The van der Waals surface area contributed by atoms with Gasteiger partial charge < -0.3 is 4.90 Å². The SMILES string of the molecule is CN(CCc1cccs1)c1ccc([N+](=O)[O-])cc1CBr. The third-order valence-electron chi connectivity index (χ3n) is 3.10. The van der Waals surface area contributed by atoms with Gasteiger partial charge in [0, 0.05) is 41.6 Å². The normalized spacial score (nSPS) is 10.5. The van der Waals surface area contributed by atoms with Gasteiger partial charge in [-0.2, -0.15) is 0 Å². The molecule has 106 valence electrons. The van der Waals surface area contributed by atoms with Crippen LogP contribution in [0.25, 0.3) is 0 Å². The van der Waals surface area contributed by atoms with Crippen LogP contribution < -0.4 is 4.90 Å². The van der Waals surface area contributed by atoms with Gasteiger partial charge in [0.05, 0.1) is 4.92 Å². The largest absolute Gasteiger partial charge is 0.374 e. The molecule has 0 aliphatic carbocycles. The minimum Gasteiger partial charge on any atom is -0.374 e. The van der Waals surface area contributed by atoms with Crippen molar-refractivity contribution in [3.63, 3.8) is 0 Å². The number of benzene rings is 1. The molecule has 0 N–H and O–H groups in total. The minimum atomic E-state index is -0.360. The Labute approximate surface area is 130 Å². The van der Waals surface area contributed by atoms with Crippen molar-refractivity contribution in [2.24, 2.45) is 0 Å². The highest BCUT2D eigenvalue weighted by molar-refractivity contribution is 9.08. The second kappa shape index (κ2) is 6.85. The summed E-state index contributed by atoms with van der Waals surface area (Å²) >= 11 is 5.15. The van der Waals surface area contributed by atoms with Crippen molar-refractivity contribution in [3.8, 4) is 0 Å². The van der Waals surface area contributed by atoms with Crippen molar-refractivity contribution in [1.82, 2.24) is 0 Å². The van der Waals surface area contributed by atoms with Gasteiger partial charge in [0.25, 0.3) is 5.69 Å². The smallest absolute Gasteiger partial charge is 0.269 e. The number of nitro groups is 1. The fourth-order valence-corrected chi connectivity index (χ4v) is 3.17. The number of likely N-dealkylation sites (N-methyl/N-ethyl adjacent to an activating group) is 1. The molecule has 0 amide bonds. The highest BCUT2D eigenvalue weighted by atomic mass is 79.9. The molecule has 0 radical (unpaired) electrons. The summed E-state index contributed by atoms with van der Waals surface area (Å²) < 4.78 is 0. The molecule has 0 fully saturated rings. The topological polar surface area (TPSA) is 46.4 Å². The van der Waals surface area contributed by atoms with Crippen LogP contribution in [0.15, 0.2) is 35.7 Å². The van der Waals surface area contributed by atoms with E-state index < -0.39 is 0 Å². The molecule has 0 bridgehead atoms. The average molecular weight is 355 g/mol. The number of non-ortho nitro benzene ring substituents is 1. The van der Waals surface area contributed by atoms with Gasteiger partial charge in [-0.05, 0) is 29.5 Å². The second-order valence-corrected chi connectivity index (χ2v) is 6.05. The summed E-state index contributed by atoms with van der Waals surface area (Å²) in [4.78, 5) is 13.9. The lowest BCUT2D eigenvalue weighted by Gasteiger charge is -2.21. The van der Waals surface area contributed by atoms with Crippen LogP contribution in [-0.4, -0.2) is 18.5 Å². The molecule has 0 saturated carbocycles. The zero-order valence-electron chi connectivity index (χ0n) is 11.1. The summed E-state index contributed by atoms with van der Waals surface area (Å²) in [7, 11) is 2.01. The highest BCUT2D eigenvalue weighted by Crippen LogP contribution is 2.27. The molecule has 4 nitrogen and oxygen atoms in total. The van der Waals surface area contributed by atoms with Gasteiger partial charge >= 0.3 is 0 Å². The number of nitrogens with zero attached hydrogens (tertiary/aromatic N) is 2. The predicted octanol–water partition coefficient (Wildman–Crippen LogP) is 4.23. The molecular formula is C14H15BrN2O2S. The maximum Gasteiger partial charge on any atom is 0.269 e. The molecule has 2 rings (SSSR count). The Morgan fingerprint density at radius 2 is 2.20 bits per heavy atom. The molecule has 1 aromatic heterocycles. The van der Waals surface area contributed by atoms with E-state index in [4.69, 9.17) is 0 Å². The second-order valence-electron chi connectivity index (χ2n) is 4.45. The maximum absolute atomic E-state index is 10.8. The number of hydrogen-bond acceptors (Lipinski definition) is 4.